The Hall–Kier alpha value is -3.38. The predicted molar refractivity (Wildman–Crippen MR) is 137 cm³/mol. The lowest BCUT2D eigenvalue weighted by molar-refractivity contribution is -0.122. The van der Waals surface area contributed by atoms with Crippen molar-refractivity contribution in [3.8, 4) is 5.75 Å². The summed E-state index contributed by atoms with van der Waals surface area (Å²) in [6, 6.07) is 6.99. The van der Waals surface area contributed by atoms with Crippen LogP contribution in [0.4, 0.5) is 13.2 Å². The second-order valence-electron chi connectivity index (χ2n) is 10.6. The van der Waals surface area contributed by atoms with Gasteiger partial charge in [0.05, 0.1) is 5.92 Å². The van der Waals surface area contributed by atoms with Gasteiger partial charge in [-0.15, -0.1) is 0 Å². The van der Waals surface area contributed by atoms with Crippen molar-refractivity contribution in [1.29, 1.82) is 0 Å². The number of hydrogen-bond donors (Lipinski definition) is 2. The van der Waals surface area contributed by atoms with E-state index >= 15 is 0 Å². The third-order valence-electron chi connectivity index (χ3n) is 8.25. The summed E-state index contributed by atoms with van der Waals surface area (Å²) in [5.74, 6) is -0.860. The molecule has 0 aromatic heterocycles. The van der Waals surface area contributed by atoms with Crippen molar-refractivity contribution in [1.82, 2.24) is 0 Å². The van der Waals surface area contributed by atoms with Crippen LogP contribution in [0.3, 0.4) is 0 Å². The highest BCUT2D eigenvalue weighted by Gasteiger charge is 2.53. The Morgan fingerprint density at radius 3 is 2.54 bits per heavy atom. The van der Waals surface area contributed by atoms with Crippen molar-refractivity contribution < 1.29 is 23.1 Å². The topological polar surface area (TPSA) is 63.3 Å². The monoisotopic (exact) mass is 503 g/mol. The molecule has 4 unspecified atom stereocenters. The molecule has 5 aliphatic rings. The Labute approximate surface area is 213 Å². The molecule has 6 heteroatoms. The van der Waals surface area contributed by atoms with Gasteiger partial charge in [0.2, 0.25) is 0 Å². The molecule has 0 aliphatic heterocycles. The van der Waals surface area contributed by atoms with Gasteiger partial charge in [0.1, 0.15) is 5.75 Å². The van der Waals surface area contributed by atoms with Crippen LogP contribution in [0.15, 0.2) is 101 Å². The number of fused-ring (bicyclic) bond motifs is 2. The Balaban J connectivity index is 1.38. The molecule has 190 valence electrons. The highest BCUT2D eigenvalue weighted by Crippen LogP contribution is 2.57. The van der Waals surface area contributed by atoms with Gasteiger partial charge in [-0.2, -0.15) is 13.2 Å². The second-order valence-corrected chi connectivity index (χ2v) is 10.6. The van der Waals surface area contributed by atoms with Gasteiger partial charge in [-0.1, -0.05) is 66.3 Å². The van der Waals surface area contributed by atoms with Gasteiger partial charge in [0.25, 0.3) is 0 Å². The Morgan fingerprint density at radius 2 is 1.81 bits per heavy atom. The number of phenols is 1. The van der Waals surface area contributed by atoms with E-state index in [1.165, 1.54) is 6.08 Å². The molecule has 6 rings (SSSR count). The van der Waals surface area contributed by atoms with Crippen LogP contribution in [0.25, 0.3) is 5.57 Å². The van der Waals surface area contributed by atoms with Crippen LogP contribution in [0, 0.1) is 29.6 Å². The highest BCUT2D eigenvalue weighted by molar-refractivity contribution is 6.03. The summed E-state index contributed by atoms with van der Waals surface area (Å²) < 4.78 is 39.8. The fourth-order valence-electron chi connectivity index (χ4n) is 6.27. The highest BCUT2D eigenvalue weighted by atomic mass is 19.4. The maximum absolute atomic E-state index is 13.5. The summed E-state index contributed by atoms with van der Waals surface area (Å²) in [7, 11) is 0. The zero-order valence-electron chi connectivity index (χ0n) is 20.2. The van der Waals surface area contributed by atoms with Crippen LogP contribution in [0.5, 0.6) is 5.75 Å². The molecular formula is C31H28F3NO2. The van der Waals surface area contributed by atoms with E-state index < -0.39 is 23.6 Å². The largest absolute Gasteiger partial charge is 0.508 e. The van der Waals surface area contributed by atoms with E-state index in [4.69, 9.17) is 5.73 Å². The average molecular weight is 504 g/mol. The molecule has 0 heterocycles. The number of aromatic hydroxyl groups is 1. The third kappa shape index (κ3) is 4.27. The van der Waals surface area contributed by atoms with Crippen molar-refractivity contribution in [3.63, 3.8) is 0 Å². The van der Waals surface area contributed by atoms with Crippen LogP contribution < -0.4 is 5.73 Å². The molecule has 1 saturated carbocycles. The van der Waals surface area contributed by atoms with E-state index in [0.717, 1.165) is 39.8 Å². The standard InChI is InChI=1S/C31H28F3NO2/c32-31(33,34)28-11-6-20(25-15-26(25)28)13-21-14-27-24(30(21)37)10-9-23(19-3-1-2-17(12-19)16-35)29(27)18-4-7-22(36)8-5-18/h1,3-12,14,17,21,24-26,36H,2,13,15-16,35H2/t17?,21?,24-,25?,26?/m0/s1. The van der Waals surface area contributed by atoms with Crippen LogP contribution in [0.2, 0.25) is 0 Å². The van der Waals surface area contributed by atoms with Crippen molar-refractivity contribution in [2.75, 3.05) is 6.54 Å². The van der Waals surface area contributed by atoms with Gasteiger partial charge in [-0.05, 0) is 83.5 Å². The number of halogens is 3. The molecule has 5 aliphatic carbocycles. The molecule has 0 radical (unpaired) electrons. The van der Waals surface area contributed by atoms with Crippen LogP contribution in [0.1, 0.15) is 24.8 Å². The molecule has 1 aromatic rings. The first-order valence-electron chi connectivity index (χ1n) is 12.8. The first-order chi connectivity index (χ1) is 17.7. The Bertz CT molecular complexity index is 1370. The zero-order chi connectivity index (χ0) is 25.9. The maximum atomic E-state index is 13.5. The minimum absolute atomic E-state index is 0.0817. The van der Waals surface area contributed by atoms with Gasteiger partial charge in [-0.25, -0.2) is 0 Å². The predicted octanol–water partition coefficient (Wildman–Crippen LogP) is 6.37. The van der Waals surface area contributed by atoms with Gasteiger partial charge in [0.15, 0.2) is 5.78 Å². The van der Waals surface area contributed by atoms with Crippen LogP contribution >= 0.6 is 0 Å². The molecule has 3 nitrogen and oxygen atoms in total. The minimum atomic E-state index is -4.29. The molecule has 0 bridgehead atoms. The number of Topliss-reactive ketones (excluding diaryl/α,β-unsaturated/α-hetero) is 1. The molecule has 0 spiro atoms. The van der Waals surface area contributed by atoms with E-state index in [-0.39, 0.29) is 29.3 Å². The number of nitrogens with two attached hydrogens (primary N) is 1. The summed E-state index contributed by atoms with van der Waals surface area (Å²) in [6.07, 6.45) is 12.7. The smallest absolute Gasteiger partial charge is 0.412 e. The van der Waals surface area contributed by atoms with Crippen molar-refractivity contribution in [2.45, 2.75) is 25.4 Å². The van der Waals surface area contributed by atoms with Gasteiger partial charge in [-0.3, -0.25) is 4.79 Å². The van der Waals surface area contributed by atoms with E-state index in [0.29, 0.717) is 19.4 Å². The number of alkyl halides is 3. The zero-order valence-corrected chi connectivity index (χ0v) is 20.2. The van der Waals surface area contributed by atoms with Crippen LogP contribution in [-0.4, -0.2) is 23.6 Å². The quantitative estimate of drug-likeness (QED) is 0.491. The number of carbonyl (C=O) groups is 1. The molecule has 1 aromatic carbocycles. The number of carbonyl (C=O) groups excluding carboxylic acids is 1. The van der Waals surface area contributed by atoms with Crippen LogP contribution in [-0.2, 0) is 4.79 Å². The lowest BCUT2D eigenvalue weighted by Crippen LogP contribution is -2.20. The SMILES string of the molecule is NCC1C=C(C2=C(c3ccc(O)cc3)C3=CC(CC4=CC=C(C(F)(F)F)C5CC45)C(=O)[C@H]3C=C2)C=CC1. The molecule has 0 amide bonds. The van der Waals surface area contributed by atoms with Crippen molar-refractivity contribution in [2.24, 2.45) is 35.3 Å². The average Bonchev–Trinajstić information content (AvgIpc) is 3.63. The Kier molecular flexibility index (Phi) is 5.75. The molecule has 37 heavy (non-hydrogen) atoms. The van der Waals surface area contributed by atoms with Crippen molar-refractivity contribution >= 4 is 11.4 Å². The lowest BCUT2D eigenvalue weighted by Gasteiger charge is -2.25. The molecule has 5 atom stereocenters. The van der Waals surface area contributed by atoms with E-state index in [9.17, 15) is 23.1 Å². The summed E-state index contributed by atoms with van der Waals surface area (Å²) in [5, 5.41) is 9.87. The minimum Gasteiger partial charge on any atom is -0.508 e. The van der Waals surface area contributed by atoms with E-state index in [2.05, 4.69) is 18.2 Å². The van der Waals surface area contributed by atoms with E-state index in [1.54, 1.807) is 18.2 Å². The maximum Gasteiger partial charge on any atom is 0.412 e. The number of allylic oxidation sites excluding steroid dienone is 13. The number of benzene rings is 1. The van der Waals surface area contributed by atoms with Crippen molar-refractivity contribution in [3.05, 3.63) is 106 Å². The molecule has 3 N–H and O–H groups in total. The fourth-order valence-corrected chi connectivity index (χ4v) is 6.27. The summed E-state index contributed by atoms with van der Waals surface area (Å²) in [6.45, 7) is 0.549. The summed E-state index contributed by atoms with van der Waals surface area (Å²) in [4.78, 5) is 13.5. The molecule has 0 saturated heterocycles. The van der Waals surface area contributed by atoms with Gasteiger partial charge < -0.3 is 10.8 Å². The number of rotatable bonds is 5. The third-order valence-corrected chi connectivity index (χ3v) is 8.25. The number of hydrogen-bond acceptors (Lipinski definition) is 3. The number of phenolic OH excluding ortho intramolecular Hbond substituents is 1. The lowest BCUT2D eigenvalue weighted by atomic mass is 9.78. The fraction of sp³-hybridized carbons (Fsp3) is 0.323. The Morgan fingerprint density at radius 1 is 1.03 bits per heavy atom. The second kappa shape index (κ2) is 8.88. The van der Waals surface area contributed by atoms with Gasteiger partial charge >= 0.3 is 6.18 Å². The summed E-state index contributed by atoms with van der Waals surface area (Å²) in [5.41, 5.74) is 11.3. The number of ketones is 1. The first kappa shape index (κ1) is 24.0. The summed E-state index contributed by atoms with van der Waals surface area (Å²) >= 11 is 0. The normalized spacial score (nSPS) is 30.4. The van der Waals surface area contributed by atoms with E-state index in [1.807, 2.05) is 30.4 Å². The molecular weight excluding hydrogens is 475 g/mol. The molecule has 1 fully saturated rings. The first-order valence-corrected chi connectivity index (χ1v) is 12.8. The van der Waals surface area contributed by atoms with Gasteiger partial charge in [0, 0.05) is 11.5 Å².